The molecule has 5 nitrogen and oxygen atoms in total. The van der Waals surface area contributed by atoms with Crippen LogP contribution >= 0.6 is 0 Å². The molecule has 0 radical (unpaired) electrons. The minimum absolute atomic E-state index is 0.0916. The van der Waals surface area contributed by atoms with Gasteiger partial charge in [0.1, 0.15) is 11.6 Å². The molecule has 0 fully saturated rings. The molecular weight excluding hydrogens is 311 g/mol. The molecule has 0 saturated carbocycles. The third kappa shape index (κ3) is 3.53. The van der Waals surface area contributed by atoms with Crippen molar-refractivity contribution in [1.82, 2.24) is 5.32 Å². The minimum Gasteiger partial charge on any atom is -0.478 e. The van der Waals surface area contributed by atoms with Gasteiger partial charge in [-0.25, -0.2) is 4.39 Å². The van der Waals surface area contributed by atoms with E-state index in [-0.39, 0.29) is 30.1 Å². The topological polar surface area (TPSA) is 67.4 Å². The largest absolute Gasteiger partial charge is 0.478 e. The van der Waals surface area contributed by atoms with Gasteiger partial charge in [-0.2, -0.15) is 0 Å². The van der Waals surface area contributed by atoms with Gasteiger partial charge >= 0.3 is 0 Å². The highest BCUT2D eigenvalue weighted by Crippen LogP contribution is 2.29. The van der Waals surface area contributed by atoms with Crippen molar-refractivity contribution in [2.24, 2.45) is 0 Å². The van der Waals surface area contributed by atoms with Crippen LogP contribution in [0.15, 0.2) is 48.5 Å². The van der Waals surface area contributed by atoms with Crippen LogP contribution in [0.1, 0.15) is 24.9 Å². The average molecular weight is 328 g/mol. The summed E-state index contributed by atoms with van der Waals surface area (Å²) in [6.07, 6.45) is -0.966. The highest BCUT2D eigenvalue weighted by molar-refractivity contribution is 5.99. The SMILES string of the molecule is C[C@@H](NC(=O)C[C@@H]1Oc2ccccc2NC1=O)c1ccc(F)cc1. The van der Waals surface area contributed by atoms with E-state index in [0.717, 1.165) is 5.56 Å². The van der Waals surface area contributed by atoms with Crippen molar-refractivity contribution in [1.29, 1.82) is 0 Å². The number of halogens is 1. The molecule has 2 atom stereocenters. The first kappa shape index (κ1) is 16.0. The van der Waals surface area contributed by atoms with E-state index in [9.17, 15) is 14.0 Å². The summed E-state index contributed by atoms with van der Waals surface area (Å²) in [5.41, 5.74) is 1.38. The first-order valence-electron chi connectivity index (χ1n) is 7.64. The van der Waals surface area contributed by atoms with Gasteiger partial charge in [0.2, 0.25) is 5.91 Å². The number of rotatable bonds is 4. The van der Waals surface area contributed by atoms with Crippen LogP contribution in [0.5, 0.6) is 5.75 Å². The number of amides is 2. The summed E-state index contributed by atoms with van der Waals surface area (Å²) in [5.74, 6) is -0.450. The van der Waals surface area contributed by atoms with E-state index in [1.807, 2.05) is 0 Å². The molecule has 0 aromatic heterocycles. The van der Waals surface area contributed by atoms with Crippen LogP contribution in [0.4, 0.5) is 10.1 Å². The van der Waals surface area contributed by atoms with E-state index in [1.165, 1.54) is 12.1 Å². The summed E-state index contributed by atoms with van der Waals surface area (Å²) in [6, 6.07) is 12.7. The van der Waals surface area contributed by atoms with E-state index >= 15 is 0 Å². The summed E-state index contributed by atoms with van der Waals surface area (Å²) in [7, 11) is 0. The zero-order valence-electron chi connectivity index (χ0n) is 13.1. The predicted molar refractivity (Wildman–Crippen MR) is 87.1 cm³/mol. The lowest BCUT2D eigenvalue weighted by atomic mass is 10.1. The quantitative estimate of drug-likeness (QED) is 0.907. The Morgan fingerprint density at radius 2 is 1.96 bits per heavy atom. The average Bonchev–Trinajstić information content (AvgIpc) is 2.56. The fourth-order valence-electron chi connectivity index (χ4n) is 2.53. The first-order chi connectivity index (χ1) is 11.5. The summed E-state index contributed by atoms with van der Waals surface area (Å²) in [5, 5.41) is 5.51. The van der Waals surface area contributed by atoms with Crippen LogP contribution < -0.4 is 15.4 Å². The predicted octanol–water partition coefficient (Wildman–Crippen LogP) is 2.79. The van der Waals surface area contributed by atoms with Crippen molar-refractivity contribution in [3.8, 4) is 5.75 Å². The first-order valence-corrected chi connectivity index (χ1v) is 7.64. The normalized spacial score (nSPS) is 17.2. The lowest BCUT2D eigenvalue weighted by Crippen LogP contribution is -2.41. The number of anilines is 1. The second-order valence-electron chi connectivity index (χ2n) is 5.64. The van der Waals surface area contributed by atoms with Gasteiger partial charge in [0.15, 0.2) is 6.10 Å². The molecule has 6 heteroatoms. The van der Waals surface area contributed by atoms with Crippen LogP contribution in [0.2, 0.25) is 0 Å². The van der Waals surface area contributed by atoms with Crippen LogP contribution in [-0.2, 0) is 9.59 Å². The van der Waals surface area contributed by atoms with Crippen molar-refractivity contribution in [2.45, 2.75) is 25.5 Å². The molecule has 1 heterocycles. The molecule has 2 amide bonds. The molecule has 0 unspecified atom stereocenters. The molecule has 24 heavy (non-hydrogen) atoms. The number of ether oxygens (including phenoxy) is 1. The smallest absolute Gasteiger partial charge is 0.266 e. The summed E-state index contributed by atoms with van der Waals surface area (Å²) >= 11 is 0. The Balaban J connectivity index is 1.61. The lowest BCUT2D eigenvalue weighted by Gasteiger charge is -2.25. The Labute approximate surface area is 138 Å². The summed E-state index contributed by atoms with van der Waals surface area (Å²) in [6.45, 7) is 1.79. The molecule has 0 bridgehead atoms. The van der Waals surface area contributed by atoms with E-state index in [1.54, 1.807) is 43.3 Å². The fourth-order valence-corrected chi connectivity index (χ4v) is 2.53. The molecule has 2 aromatic carbocycles. The number of fused-ring (bicyclic) bond motifs is 1. The number of hydrogen-bond acceptors (Lipinski definition) is 3. The van der Waals surface area contributed by atoms with Crippen LogP contribution in [0.3, 0.4) is 0 Å². The zero-order chi connectivity index (χ0) is 17.1. The number of hydrogen-bond donors (Lipinski definition) is 2. The number of nitrogens with one attached hydrogen (secondary N) is 2. The van der Waals surface area contributed by atoms with E-state index in [0.29, 0.717) is 11.4 Å². The number of carbonyl (C=O) groups is 2. The maximum Gasteiger partial charge on any atom is 0.266 e. The Morgan fingerprint density at radius 1 is 1.25 bits per heavy atom. The number of para-hydroxylation sites is 2. The molecule has 124 valence electrons. The summed E-state index contributed by atoms with van der Waals surface area (Å²) in [4.78, 5) is 24.2. The molecule has 0 spiro atoms. The van der Waals surface area contributed by atoms with Gasteiger partial charge in [0, 0.05) is 0 Å². The Bertz CT molecular complexity index is 761. The van der Waals surface area contributed by atoms with Crippen molar-refractivity contribution < 1.29 is 18.7 Å². The molecular formula is C18H17FN2O3. The maximum atomic E-state index is 12.9. The van der Waals surface area contributed by atoms with Crippen molar-refractivity contribution in [3.05, 3.63) is 59.9 Å². The molecule has 0 aliphatic carbocycles. The maximum absolute atomic E-state index is 12.9. The molecule has 1 aliphatic rings. The van der Waals surface area contributed by atoms with Gasteiger partial charge in [-0.3, -0.25) is 9.59 Å². The van der Waals surface area contributed by atoms with Gasteiger partial charge in [0.05, 0.1) is 18.2 Å². The third-order valence-electron chi connectivity index (χ3n) is 3.82. The fraction of sp³-hybridized carbons (Fsp3) is 0.222. The van der Waals surface area contributed by atoms with Crippen molar-refractivity contribution >= 4 is 17.5 Å². The van der Waals surface area contributed by atoms with Gasteiger partial charge in [-0.15, -0.1) is 0 Å². The van der Waals surface area contributed by atoms with E-state index in [4.69, 9.17) is 4.74 Å². The van der Waals surface area contributed by atoms with Crippen molar-refractivity contribution in [3.63, 3.8) is 0 Å². The molecule has 3 rings (SSSR count). The standard InChI is InChI=1S/C18H17FN2O3/c1-11(12-6-8-13(19)9-7-12)20-17(22)10-16-18(23)21-14-4-2-3-5-15(14)24-16/h2-9,11,16H,10H2,1H3,(H,20,22)(H,21,23)/t11-,16+/m1/s1. The highest BCUT2D eigenvalue weighted by Gasteiger charge is 2.29. The Kier molecular flexibility index (Phi) is 4.46. The second-order valence-corrected chi connectivity index (χ2v) is 5.64. The zero-order valence-corrected chi connectivity index (χ0v) is 13.1. The van der Waals surface area contributed by atoms with E-state index < -0.39 is 6.10 Å². The lowest BCUT2D eigenvalue weighted by molar-refractivity contribution is -0.130. The third-order valence-corrected chi connectivity index (χ3v) is 3.82. The second kappa shape index (κ2) is 6.70. The Hall–Kier alpha value is -2.89. The highest BCUT2D eigenvalue weighted by atomic mass is 19.1. The van der Waals surface area contributed by atoms with Crippen LogP contribution in [-0.4, -0.2) is 17.9 Å². The van der Waals surface area contributed by atoms with Crippen molar-refractivity contribution in [2.75, 3.05) is 5.32 Å². The van der Waals surface area contributed by atoms with Gasteiger partial charge in [0.25, 0.3) is 5.91 Å². The minimum atomic E-state index is -0.875. The monoisotopic (exact) mass is 328 g/mol. The van der Waals surface area contributed by atoms with Gasteiger partial charge in [-0.05, 0) is 36.8 Å². The molecule has 1 aliphatic heterocycles. The van der Waals surface area contributed by atoms with Crippen LogP contribution in [0.25, 0.3) is 0 Å². The van der Waals surface area contributed by atoms with Gasteiger partial charge in [-0.1, -0.05) is 24.3 Å². The molecule has 0 saturated heterocycles. The molecule has 2 N–H and O–H groups in total. The number of carbonyl (C=O) groups excluding carboxylic acids is 2. The van der Waals surface area contributed by atoms with E-state index in [2.05, 4.69) is 10.6 Å². The summed E-state index contributed by atoms with van der Waals surface area (Å²) < 4.78 is 18.5. The van der Waals surface area contributed by atoms with Crippen LogP contribution in [0, 0.1) is 5.82 Å². The Morgan fingerprint density at radius 3 is 2.71 bits per heavy atom. The molecule has 2 aromatic rings. The van der Waals surface area contributed by atoms with Gasteiger partial charge < -0.3 is 15.4 Å². The number of benzene rings is 2.